The molecule has 3 nitrogen and oxygen atoms in total. The minimum Gasteiger partial charge on any atom is -0.396 e. The van der Waals surface area contributed by atoms with Crippen LogP contribution >= 0.6 is 23.2 Å². The fourth-order valence-corrected chi connectivity index (χ4v) is 1.35. The Labute approximate surface area is 74.5 Å². The van der Waals surface area contributed by atoms with Crippen molar-refractivity contribution in [2.45, 2.75) is 6.42 Å². The first-order valence-electron chi connectivity index (χ1n) is 3.14. The zero-order valence-corrected chi connectivity index (χ0v) is 7.52. The van der Waals surface area contributed by atoms with Crippen molar-refractivity contribution >= 4 is 23.2 Å². The highest BCUT2D eigenvalue weighted by molar-refractivity contribution is 6.41. The number of halogens is 2. The van der Waals surface area contributed by atoms with Crippen molar-refractivity contribution in [1.82, 2.24) is 9.78 Å². The summed E-state index contributed by atoms with van der Waals surface area (Å²) in [5.74, 6) is 0. The number of aliphatic hydroxyl groups is 1. The van der Waals surface area contributed by atoms with Crippen molar-refractivity contribution < 1.29 is 5.11 Å². The highest BCUT2D eigenvalue weighted by Crippen LogP contribution is 2.24. The molecule has 1 N–H and O–H groups in total. The molecule has 1 heterocycles. The smallest absolute Gasteiger partial charge is 0.169 e. The maximum Gasteiger partial charge on any atom is 0.169 e. The predicted molar refractivity (Wildman–Crippen MR) is 44.0 cm³/mol. The first-order valence-corrected chi connectivity index (χ1v) is 3.90. The van der Waals surface area contributed by atoms with E-state index in [2.05, 4.69) is 5.10 Å². The van der Waals surface area contributed by atoms with Crippen LogP contribution in [0.15, 0.2) is 0 Å². The summed E-state index contributed by atoms with van der Waals surface area (Å²) in [7, 11) is 1.74. The molecule has 0 aliphatic rings. The molecule has 0 unspecified atom stereocenters. The van der Waals surface area contributed by atoms with Gasteiger partial charge in [0.15, 0.2) is 5.15 Å². The van der Waals surface area contributed by atoms with Gasteiger partial charge in [-0.1, -0.05) is 23.2 Å². The van der Waals surface area contributed by atoms with Crippen LogP contribution < -0.4 is 0 Å². The third-order valence-electron chi connectivity index (χ3n) is 1.41. The number of aromatic nitrogens is 2. The van der Waals surface area contributed by atoms with Crippen LogP contribution in [0.4, 0.5) is 0 Å². The highest BCUT2D eigenvalue weighted by Gasteiger charge is 2.10. The average Bonchev–Trinajstić information content (AvgIpc) is 2.17. The van der Waals surface area contributed by atoms with Crippen LogP contribution in [-0.2, 0) is 13.5 Å². The van der Waals surface area contributed by atoms with Gasteiger partial charge in [0.2, 0.25) is 0 Å². The Morgan fingerprint density at radius 2 is 2.18 bits per heavy atom. The monoisotopic (exact) mass is 194 g/mol. The van der Waals surface area contributed by atoms with E-state index in [1.165, 1.54) is 0 Å². The van der Waals surface area contributed by atoms with E-state index < -0.39 is 0 Å². The van der Waals surface area contributed by atoms with Crippen LogP contribution in [0.5, 0.6) is 0 Å². The van der Waals surface area contributed by atoms with Gasteiger partial charge < -0.3 is 5.11 Å². The molecule has 1 aromatic heterocycles. The number of rotatable bonds is 2. The summed E-state index contributed by atoms with van der Waals surface area (Å²) in [6, 6.07) is 0. The lowest BCUT2D eigenvalue weighted by atomic mass is 10.3. The lowest BCUT2D eigenvalue weighted by Crippen LogP contribution is -2.00. The molecule has 0 spiro atoms. The Kier molecular flexibility index (Phi) is 2.76. The molecule has 0 saturated carbocycles. The van der Waals surface area contributed by atoms with Crippen molar-refractivity contribution in [2.24, 2.45) is 7.05 Å². The van der Waals surface area contributed by atoms with E-state index >= 15 is 0 Å². The zero-order valence-electron chi connectivity index (χ0n) is 6.01. The molecule has 0 radical (unpaired) electrons. The van der Waals surface area contributed by atoms with E-state index in [1.54, 1.807) is 11.7 Å². The summed E-state index contributed by atoms with van der Waals surface area (Å²) >= 11 is 11.4. The average molecular weight is 195 g/mol. The summed E-state index contributed by atoms with van der Waals surface area (Å²) < 4.78 is 1.57. The number of nitrogens with zero attached hydrogens (tertiary/aromatic N) is 2. The SMILES string of the molecule is Cn1nc(Cl)c(Cl)c1CCO. The summed E-state index contributed by atoms with van der Waals surface area (Å²) in [4.78, 5) is 0. The van der Waals surface area contributed by atoms with Crippen molar-refractivity contribution in [2.75, 3.05) is 6.61 Å². The van der Waals surface area contributed by atoms with Crippen molar-refractivity contribution in [3.05, 3.63) is 15.9 Å². The summed E-state index contributed by atoms with van der Waals surface area (Å²) in [5.41, 5.74) is 0.763. The second-order valence-electron chi connectivity index (χ2n) is 2.15. The summed E-state index contributed by atoms with van der Waals surface area (Å²) in [6.45, 7) is 0.0512. The van der Waals surface area contributed by atoms with Gasteiger partial charge in [0.25, 0.3) is 0 Å². The maximum absolute atomic E-state index is 8.63. The zero-order chi connectivity index (χ0) is 8.43. The fourth-order valence-electron chi connectivity index (χ4n) is 0.875. The van der Waals surface area contributed by atoms with Crippen LogP contribution in [0.25, 0.3) is 0 Å². The van der Waals surface area contributed by atoms with Crippen LogP contribution in [-0.4, -0.2) is 21.5 Å². The van der Waals surface area contributed by atoms with Crippen molar-refractivity contribution in [3.63, 3.8) is 0 Å². The van der Waals surface area contributed by atoms with Gasteiger partial charge in [-0.25, -0.2) is 0 Å². The number of hydrogen-bond acceptors (Lipinski definition) is 2. The van der Waals surface area contributed by atoms with Crippen molar-refractivity contribution in [3.8, 4) is 0 Å². The highest BCUT2D eigenvalue weighted by atomic mass is 35.5. The Morgan fingerprint density at radius 3 is 2.55 bits per heavy atom. The van der Waals surface area contributed by atoms with Gasteiger partial charge in [0.05, 0.1) is 5.69 Å². The number of aryl methyl sites for hydroxylation is 1. The molecule has 1 rings (SSSR count). The lowest BCUT2D eigenvalue weighted by Gasteiger charge is -1.97. The van der Waals surface area contributed by atoms with E-state index in [4.69, 9.17) is 28.3 Å². The second kappa shape index (κ2) is 3.43. The first kappa shape index (κ1) is 8.84. The molecule has 0 aromatic carbocycles. The molecule has 0 atom stereocenters. The molecule has 0 aliphatic heterocycles. The van der Waals surface area contributed by atoms with Gasteiger partial charge in [0, 0.05) is 20.1 Å². The lowest BCUT2D eigenvalue weighted by molar-refractivity contribution is 0.296. The van der Waals surface area contributed by atoms with E-state index in [-0.39, 0.29) is 11.8 Å². The molecule has 0 aliphatic carbocycles. The van der Waals surface area contributed by atoms with Gasteiger partial charge in [-0.3, -0.25) is 4.68 Å². The molecule has 5 heteroatoms. The largest absolute Gasteiger partial charge is 0.396 e. The predicted octanol–water partition coefficient (Wildman–Crippen LogP) is 1.26. The number of hydrogen-bond donors (Lipinski definition) is 1. The van der Waals surface area contributed by atoms with Crippen LogP contribution in [0.2, 0.25) is 10.2 Å². The maximum atomic E-state index is 8.63. The van der Waals surface area contributed by atoms with Gasteiger partial charge in [-0.2, -0.15) is 5.10 Å². The molecule has 0 amide bonds. The first-order chi connectivity index (χ1) is 5.16. The topological polar surface area (TPSA) is 38.0 Å². The van der Waals surface area contributed by atoms with Gasteiger partial charge in [-0.15, -0.1) is 0 Å². The van der Waals surface area contributed by atoms with Crippen LogP contribution in [0.3, 0.4) is 0 Å². The van der Waals surface area contributed by atoms with E-state index in [0.29, 0.717) is 11.4 Å². The van der Waals surface area contributed by atoms with Crippen LogP contribution in [0.1, 0.15) is 5.69 Å². The molecule has 62 valence electrons. The van der Waals surface area contributed by atoms with E-state index in [0.717, 1.165) is 5.69 Å². The fraction of sp³-hybridized carbons (Fsp3) is 0.500. The molecule has 0 fully saturated rings. The summed E-state index contributed by atoms with van der Waals surface area (Å²) in [5, 5.41) is 13.2. The molecule has 1 aromatic rings. The van der Waals surface area contributed by atoms with Gasteiger partial charge >= 0.3 is 0 Å². The van der Waals surface area contributed by atoms with Gasteiger partial charge in [0.1, 0.15) is 5.02 Å². The third-order valence-corrected chi connectivity index (χ3v) is 2.17. The van der Waals surface area contributed by atoms with E-state index in [1.807, 2.05) is 0 Å². The standard InChI is InChI=1S/C6H8Cl2N2O/c1-10-4(2-3-11)5(7)6(8)9-10/h11H,2-3H2,1H3. The third kappa shape index (κ3) is 1.67. The molecule has 0 saturated heterocycles. The quantitative estimate of drug-likeness (QED) is 0.771. The normalized spacial score (nSPS) is 10.5. The van der Waals surface area contributed by atoms with Crippen molar-refractivity contribution in [1.29, 1.82) is 0 Å². The molecule has 11 heavy (non-hydrogen) atoms. The summed E-state index contributed by atoms with van der Waals surface area (Å²) in [6.07, 6.45) is 0.481. The Bertz CT molecular complexity index is 259. The van der Waals surface area contributed by atoms with Gasteiger partial charge in [-0.05, 0) is 0 Å². The van der Waals surface area contributed by atoms with Crippen LogP contribution in [0, 0.1) is 0 Å². The Morgan fingerprint density at radius 1 is 1.55 bits per heavy atom. The molecule has 0 bridgehead atoms. The second-order valence-corrected chi connectivity index (χ2v) is 2.88. The molecular weight excluding hydrogens is 187 g/mol. The Balaban J connectivity index is 3.02. The minimum absolute atomic E-state index is 0.0512. The minimum atomic E-state index is 0.0512. The Hall–Kier alpha value is -0.250. The number of aliphatic hydroxyl groups excluding tert-OH is 1. The van der Waals surface area contributed by atoms with E-state index in [9.17, 15) is 0 Å². The molecular formula is C6H8Cl2N2O.